The number of fused-ring (bicyclic) bond motifs is 10. The van der Waals surface area contributed by atoms with Gasteiger partial charge in [-0.1, -0.05) is 0 Å². The quantitative estimate of drug-likeness (QED) is 0.203. The van der Waals surface area contributed by atoms with Gasteiger partial charge in [0.1, 0.15) is 0 Å². The van der Waals surface area contributed by atoms with Gasteiger partial charge in [-0.3, -0.25) is 0 Å². The Morgan fingerprint density at radius 3 is 1.66 bits per heavy atom. The zero-order chi connectivity index (χ0) is 28.0. The van der Waals surface area contributed by atoms with E-state index in [4.69, 9.17) is 9.97 Å². The van der Waals surface area contributed by atoms with Crippen LogP contribution in [-0.4, -0.2) is 26.4 Å². The van der Waals surface area contributed by atoms with Gasteiger partial charge >= 0.3 is 240 Å². The summed E-state index contributed by atoms with van der Waals surface area (Å²) in [5.41, 5.74) is 4.74. The summed E-state index contributed by atoms with van der Waals surface area (Å²) in [4.78, 5) is 17.6. The molecule has 5 heteroatoms. The molecular weight excluding hydrogens is 578 g/mol. The Labute approximate surface area is 238 Å². The van der Waals surface area contributed by atoms with Gasteiger partial charge in [0.15, 0.2) is 0 Å². The minimum absolute atomic E-state index is 0.0710. The van der Waals surface area contributed by atoms with E-state index in [-0.39, 0.29) is 13.1 Å². The molecule has 12 heterocycles. The third kappa shape index (κ3) is 0.562. The summed E-state index contributed by atoms with van der Waals surface area (Å²) in [5, 5.41) is 0.655. The van der Waals surface area contributed by atoms with Gasteiger partial charge in [0.05, 0.1) is 0 Å². The Bertz CT molecular complexity index is 2120. The molecular formula is C36H42FeN2P2. The molecule has 0 bridgehead atoms. The second-order valence-electron chi connectivity index (χ2n) is 19.6. The fourth-order valence-electron chi connectivity index (χ4n) is 23.9. The Morgan fingerprint density at radius 1 is 0.732 bits per heavy atom. The van der Waals surface area contributed by atoms with Crippen molar-refractivity contribution in [2.75, 3.05) is 6.16 Å². The molecule has 1 spiro atoms. The molecule has 1 aromatic carbocycles. The van der Waals surface area contributed by atoms with Gasteiger partial charge in [-0.2, -0.15) is 0 Å². The predicted octanol–water partition coefficient (Wildman–Crippen LogP) is 9.91. The second-order valence-corrected chi connectivity index (χ2v) is 47.3. The summed E-state index contributed by atoms with van der Waals surface area (Å²) in [6, 6.07) is 21.6. The van der Waals surface area contributed by atoms with Crippen LogP contribution in [0.1, 0.15) is 58.2 Å². The molecule has 10 aliphatic rings. The molecule has 0 amide bonds. The third-order valence-corrected chi connectivity index (χ3v) is 71.0. The minimum atomic E-state index is -4.30. The average Bonchev–Trinajstić information content (AvgIpc) is 3.90. The van der Waals surface area contributed by atoms with Gasteiger partial charge in [0, 0.05) is 0 Å². The first kappa shape index (κ1) is 22.4. The van der Waals surface area contributed by atoms with Crippen LogP contribution in [0.5, 0.6) is 0 Å². The van der Waals surface area contributed by atoms with Crippen molar-refractivity contribution in [3.8, 4) is 0 Å². The van der Waals surface area contributed by atoms with E-state index >= 15 is 0 Å². The van der Waals surface area contributed by atoms with Crippen LogP contribution in [-0.2, 0) is 16.0 Å². The van der Waals surface area contributed by atoms with Crippen molar-refractivity contribution in [2.45, 2.75) is 104 Å². The standard InChI is InChI=1S/C31H37N2P2.C5H5.Fe/c1-29(2,3)35(30(4,5)6)22-25-18-24(23-12-8-7-9-13-23)19-28(25)31(34,26-14-10-16-32-20-26)27-15-11-17-33-21-27;1-2-4-5-3-1;/h7-21H,22,34H2,1-6H3;1-5H;. The van der Waals surface area contributed by atoms with Crippen LogP contribution in [0.15, 0.2) is 79.4 Å². The number of aromatic nitrogens is 2. The van der Waals surface area contributed by atoms with Gasteiger partial charge in [0.25, 0.3) is 0 Å². The first-order valence-electron chi connectivity index (χ1n) is 15.9. The molecule has 3 aromatic rings. The molecule has 10 fully saturated rings. The monoisotopic (exact) mass is 620 g/mol. The molecule has 0 aliphatic carbocycles. The fourth-order valence-corrected chi connectivity index (χ4v) is 113. The summed E-state index contributed by atoms with van der Waals surface area (Å²) in [7, 11) is 3.52. The molecule has 2 nitrogen and oxygen atoms in total. The maximum absolute atomic E-state index is 4.82. The van der Waals surface area contributed by atoms with Crippen LogP contribution >= 0.6 is 17.2 Å². The van der Waals surface area contributed by atoms with Crippen molar-refractivity contribution >= 4 is 17.2 Å². The average molecular weight is 621 g/mol. The van der Waals surface area contributed by atoms with Crippen molar-refractivity contribution in [2.24, 2.45) is 0 Å². The Hall–Kier alpha value is -1.10. The molecule has 0 radical (unpaired) electrons. The van der Waals surface area contributed by atoms with Gasteiger partial charge in [-0.05, 0) is 0 Å². The van der Waals surface area contributed by atoms with Crippen molar-refractivity contribution in [1.29, 1.82) is 0 Å². The van der Waals surface area contributed by atoms with E-state index in [1.54, 1.807) is 6.16 Å². The second kappa shape index (κ2) is 3.36. The molecule has 2 aromatic heterocycles. The Balaban J connectivity index is 1.19. The first-order valence-corrected chi connectivity index (χ1v) is 24.1. The maximum atomic E-state index is 4.82. The number of hydrogen-bond acceptors (Lipinski definition) is 2. The van der Waals surface area contributed by atoms with Crippen molar-refractivity contribution in [3.63, 3.8) is 0 Å². The number of benzene rings is 1. The van der Waals surface area contributed by atoms with E-state index in [1.807, 2.05) is 18.0 Å². The predicted molar refractivity (Wildman–Crippen MR) is 170 cm³/mol. The van der Waals surface area contributed by atoms with E-state index in [2.05, 4.69) is 118 Å². The fraction of sp³-hybridized carbons (Fsp3) is 0.556. The number of rotatable bonds is 6. The van der Waals surface area contributed by atoms with Gasteiger partial charge in [-0.15, -0.1) is 0 Å². The van der Waals surface area contributed by atoms with Crippen LogP contribution in [0, 0.1) is 0 Å². The third-order valence-electron chi connectivity index (χ3n) is 21.3. The van der Waals surface area contributed by atoms with Gasteiger partial charge in [0.2, 0.25) is 0 Å². The number of nitrogens with zero attached hydrogens (tertiary/aromatic N) is 2. The van der Waals surface area contributed by atoms with Crippen LogP contribution in [0.2, 0.25) is 42.3 Å². The summed E-state index contributed by atoms with van der Waals surface area (Å²) in [5.74, 6) is 0. The first-order chi connectivity index (χ1) is 19.2. The van der Waals surface area contributed by atoms with Crippen molar-refractivity contribution in [1.82, 2.24) is 9.97 Å². The summed E-state index contributed by atoms with van der Waals surface area (Å²) in [6.07, 6.45) is 10.0. The van der Waals surface area contributed by atoms with E-state index in [1.165, 1.54) is 35.2 Å². The molecule has 6 atom stereocenters. The van der Waals surface area contributed by atoms with E-state index < -0.39 is 6.51 Å². The Morgan fingerprint density at radius 2 is 1.24 bits per heavy atom. The number of hydrogen-bond donors (Lipinski definition) is 0. The Kier molecular flexibility index (Phi) is 1.84. The van der Waals surface area contributed by atoms with Gasteiger partial charge in [-0.25, -0.2) is 0 Å². The molecule has 0 N–H and O–H groups in total. The van der Waals surface area contributed by atoms with E-state index in [0.717, 1.165) is 9.63 Å². The molecule has 6 unspecified atom stereocenters. The molecule has 10 aliphatic heterocycles. The van der Waals surface area contributed by atoms with E-state index in [9.17, 15) is 0 Å². The van der Waals surface area contributed by atoms with E-state index in [0.29, 0.717) is 23.3 Å². The number of pyridine rings is 2. The van der Waals surface area contributed by atoms with Crippen molar-refractivity contribution in [3.05, 3.63) is 96.1 Å². The normalized spacial score (nSPS) is 61.2. The zero-order valence-electron chi connectivity index (χ0n) is 25.0. The van der Waals surface area contributed by atoms with Crippen LogP contribution in [0.3, 0.4) is 0 Å². The zero-order valence-corrected chi connectivity index (χ0v) is 28.2. The summed E-state index contributed by atoms with van der Waals surface area (Å²) < 4.78 is 1.74. The molecule has 214 valence electrons. The van der Waals surface area contributed by atoms with Gasteiger partial charge < -0.3 is 0 Å². The molecule has 13 rings (SSSR count). The van der Waals surface area contributed by atoms with Crippen LogP contribution < -0.4 is 0 Å². The van der Waals surface area contributed by atoms with Crippen LogP contribution in [0.4, 0.5) is 0 Å². The topological polar surface area (TPSA) is 25.8 Å². The molecule has 0 saturated carbocycles. The molecule has 10 saturated heterocycles. The molecule has 41 heavy (non-hydrogen) atoms. The SMILES string of the molecule is CC(C)(C)P(C[C]12[CH]3[C]4(c5ccccc5)[CH]5[C]1(C(P)(c1cccnc1)c1cccnc1)[Fe]35421678[CH]2[CH]1[CH]6[CH]7[CH]28)C(C)(C)C. The van der Waals surface area contributed by atoms with Crippen molar-refractivity contribution < 1.29 is 6.51 Å². The summed E-state index contributed by atoms with van der Waals surface area (Å²) >= 11 is 0. The summed E-state index contributed by atoms with van der Waals surface area (Å²) in [6.45, 7) is 11.2. The van der Waals surface area contributed by atoms with Crippen LogP contribution in [0.25, 0.3) is 0 Å².